The van der Waals surface area contributed by atoms with E-state index in [9.17, 15) is 14.4 Å². The van der Waals surface area contributed by atoms with Crippen molar-refractivity contribution in [2.24, 2.45) is 23.7 Å². The van der Waals surface area contributed by atoms with E-state index < -0.39 is 0 Å². The largest absolute Gasteiger partial charge is 0.343 e. The number of nitrogens with zero attached hydrogens (tertiary/aromatic N) is 2. The Hall–Kier alpha value is -1.65. The van der Waals surface area contributed by atoms with Crippen molar-refractivity contribution in [1.29, 1.82) is 0 Å². The summed E-state index contributed by atoms with van der Waals surface area (Å²) in [6.45, 7) is 1.90. The predicted molar refractivity (Wildman–Crippen MR) is 84.1 cm³/mol. The van der Waals surface area contributed by atoms with E-state index in [2.05, 4.69) is 12.2 Å². The van der Waals surface area contributed by atoms with Crippen molar-refractivity contribution in [3.63, 3.8) is 0 Å². The molecule has 5 rings (SSSR count). The molecule has 1 saturated carbocycles. The second-order valence-electron chi connectivity index (χ2n) is 7.36. The lowest BCUT2D eigenvalue weighted by Crippen LogP contribution is -2.39. The van der Waals surface area contributed by atoms with Gasteiger partial charge < -0.3 is 4.90 Å². The number of hydrogen-bond acceptors (Lipinski definition) is 3. The van der Waals surface area contributed by atoms with Crippen LogP contribution in [-0.4, -0.2) is 47.2 Å². The molecule has 5 aliphatic rings. The van der Waals surface area contributed by atoms with Crippen LogP contribution in [0.3, 0.4) is 0 Å². The zero-order valence-electron chi connectivity index (χ0n) is 13.4. The molecule has 0 radical (unpaired) electrons. The van der Waals surface area contributed by atoms with Crippen LogP contribution in [0.15, 0.2) is 12.2 Å². The van der Waals surface area contributed by atoms with Gasteiger partial charge in [-0.05, 0) is 43.9 Å². The van der Waals surface area contributed by atoms with E-state index in [0.717, 1.165) is 38.8 Å². The van der Waals surface area contributed by atoms with Gasteiger partial charge in [-0.15, -0.1) is 0 Å². The number of fused-ring (bicyclic) bond motifs is 1. The van der Waals surface area contributed by atoms with Crippen LogP contribution in [0.2, 0.25) is 0 Å². The molecule has 0 unspecified atom stereocenters. The summed E-state index contributed by atoms with van der Waals surface area (Å²) in [6, 6.07) is 0. The average Bonchev–Trinajstić information content (AvgIpc) is 2.88. The van der Waals surface area contributed by atoms with Crippen molar-refractivity contribution < 1.29 is 14.4 Å². The fourth-order valence-electron chi connectivity index (χ4n) is 4.87. The van der Waals surface area contributed by atoms with Crippen LogP contribution in [0.25, 0.3) is 0 Å². The van der Waals surface area contributed by atoms with Crippen molar-refractivity contribution in [1.82, 2.24) is 9.80 Å². The Morgan fingerprint density at radius 2 is 1.52 bits per heavy atom. The van der Waals surface area contributed by atoms with E-state index in [1.807, 2.05) is 4.90 Å². The van der Waals surface area contributed by atoms with Gasteiger partial charge >= 0.3 is 0 Å². The fourth-order valence-corrected chi connectivity index (χ4v) is 4.87. The van der Waals surface area contributed by atoms with Crippen molar-refractivity contribution in [3.8, 4) is 0 Å². The lowest BCUT2D eigenvalue weighted by Gasteiger charge is -2.38. The lowest BCUT2D eigenvalue weighted by molar-refractivity contribution is -0.141. The second kappa shape index (κ2) is 5.77. The number of hydrogen-bond donors (Lipinski definition) is 0. The molecule has 5 heteroatoms. The Balaban J connectivity index is 1.41. The summed E-state index contributed by atoms with van der Waals surface area (Å²) in [5, 5.41) is 0. The second-order valence-corrected chi connectivity index (χ2v) is 7.36. The van der Waals surface area contributed by atoms with Gasteiger partial charge in [0.15, 0.2) is 0 Å². The quantitative estimate of drug-likeness (QED) is 0.587. The monoisotopic (exact) mass is 316 g/mol. The van der Waals surface area contributed by atoms with Gasteiger partial charge in [-0.25, -0.2) is 0 Å². The van der Waals surface area contributed by atoms with E-state index in [-0.39, 0.29) is 54.4 Å². The van der Waals surface area contributed by atoms with E-state index in [4.69, 9.17) is 0 Å². The summed E-state index contributed by atoms with van der Waals surface area (Å²) < 4.78 is 0. The van der Waals surface area contributed by atoms with E-state index in [0.29, 0.717) is 0 Å². The van der Waals surface area contributed by atoms with Crippen molar-refractivity contribution >= 4 is 17.7 Å². The Morgan fingerprint density at radius 3 is 2.04 bits per heavy atom. The number of likely N-dealkylation sites (tertiary alicyclic amines) is 2. The molecule has 0 aromatic rings. The molecule has 5 nitrogen and oxygen atoms in total. The van der Waals surface area contributed by atoms with Gasteiger partial charge in [-0.3, -0.25) is 19.3 Å². The SMILES string of the molecule is O=C(CCN1C(=O)[C@@H]2[C@@H](C1=O)[C@H]1C=C[C@H]2CC1)N1CCCCC1. The van der Waals surface area contributed by atoms with Crippen LogP contribution >= 0.6 is 0 Å². The summed E-state index contributed by atoms with van der Waals surface area (Å²) in [7, 11) is 0. The minimum absolute atomic E-state index is 0.0366. The fraction of sp³-hybridized carbons (Fsp3) is 0.722. The smallest absolute Gasteiger partial charge is 0.233 e. The summed E-state index contributed by atoms with van der Waals surface area (Å²) in [4.78, 5) is 40.9. The van der Waals surface area contributed by atoms with E-state index in [1.54, 1.807) is 0 Å². The number of piperidine rings is 1. The molecule has 124 valence electrons. The molecule has 3 aliphatic carbocycles. The third kappa shape index (κ3) is 2.41. The molecular weight excluding hydrogens is 292 g/mol. The summed E-state index contributed by atoms with van der Waals surface area (Å²) in [5.74, 6) is 0.151. The topological polar surface area (TPSA) is 57.7 Å². The molecule has 0 spiro atoms. The number of carbonyl (C=O) groups is 3. The molecule has 0 aromatic heterocycles. The Labute approximate surface area is 136 Å². The normalized spacial score (nSPS) is 35.8. The molecule has 2 saturated heterocycles. The van der Waals surface area contributed by atoms with Gasteiger partial charge in [-0.2, -0.15) is 0 Å². The first kappa shape index (κ1) is 14.9. The third-order valence-electron chi connectivity index (χ3n) is 6.11. The van der Waals surface area contributed by atoms with Gasteiger partial charge in [0.2, 0.25) is 17.7 Å². The number of allylic oxidation sites excluding steroid dienone is 2. The van der Waals surface area contributed by atoms with Crippen molar-refractivity contribution in [2.45, 2.75) is 38.5 Å². The molecule has 0 N–H and O–H groups in total. The Bertz CT molecular complexity index is 533. The maximum Gasteiger partial charge on any atom is 0.233 e. The molecule has 2 aliphatic heterocycles. The Morgan fingerprint density at radius 1 is 0.957 bits per heavy atom. The zero-order valence-corrected chi connectivity index (χ0v) is 13.4. The highest BCUT2D eigenvalue weighted by Crippen LogP contribution is 2.49. The van der Waals surface area contributed by atoms with Crippen LogP contribution in [0, 0.1) is 23.7 Å². The lowest BCUT2D eigenvalue weighted by atomic mass is 9.63. The Kier molecular flexibility index (Phi) is 3.74. The van der Waals surface area contributed by atoms with Crippen LogP contribution < -0.4 is 0 Å². The standard InChI is InChI=1S/C18H24N2O3/c21-14(19-9-2-1-3-10-19)8-11-20-17(22)15-12-4-5-13(7-6-12)16(15)18(20)23/h4-5,12-13,15-16H,1-3,6-11H2/t12-,13-,15-,16-/m0/s1. The maximum atomic E-state index is 12.7. The van der Waals surface area contributed by atoms with Gasteiger partial charge in [0.05, 0.1) is 11.8 Å². The first-order chi connectivity index (χ1) is 11.2. The zero-order chi connectivity index (χ0) is 16.0. The molecule has 4 atom stereocenters. The minimum atomic E-state index is -0.156. The summed E-state index contributed by atoms with van der Waals surface area (Å²) >= 11 is 0. The average molecular weight is 316 g/mol. The maximum absolute atomic E-state index is 12.7. The highest BCUT2D eigenvalue weighted by Gasteiger charge is 2.56. The minimum Gasteiger partial charge on any atom is -0.343 e. The van der Waals surface area contributed by atoms with Crippen LogP contribution in [0.4, 0.5) is 0 Å². The molecule has 23 heavy (non-hydrogen) atoms. The highest BCUT2D eigenvalue weighted by molar-refractivity contribution is 6.06. The predicted octanol–water partition coefficient (Wildman–Crippen LogP) is 1.59. The summed E-state index contributed by atoms with van der Waals surface area (Å²) in [5.41, 5.74) is 0. The van der Waals surface area contributed by atoms with Crippen molar-refractivity contribution in [3.05, 3.63) is 12.2 Å². The number of imide groups is 1. The van der Waals surface area contributed by atoms with Gasteiger partial charge in [0.1, 0.15) is 0 Å². The van der Waals surface area contributed by atoms with Crippen LogP contribution in [-0.2, 0) is 14.4 Å². The van der Waals surface area contributed by atoms with E-state index >= 15 is 0 Å². The van der Waals surface area contributed by atoms with Gasteiger partial charge in [0, 0.05) is 26.1 Å². The molecule has 3 amide bonds. The molecule has 2 bridgehead atoms. The van der Waals surface area contributed by atoms with Crippen LogP contribution in [0.1, 0.15) is 38.5 Å². The molecule has 3 fully saturated rings. The van der Waals surface area contributed by atoms with Gasteiger partial charge in [-0.1, -0.05) is 12.2 Å². The molecule has 2 heterocycles. The molecule has 0 aromatic carbocycles. The third-order valence-corrected chi connectivity index (χ3v) is 6.11. The highest BCUT2D eigenvalue weighted by atomic mass is 16.2. The van der Waals surface area contributed by atoms with Crippen molar-refractivity contribution in [2.75, 3.05) is 19.6 Å². The number of amides is 3. The summed E-state index contributed by atoms with van der Waals surface area (Å²) in [6.07, 6.45) is 9.88. The number of carbonyl (C=O) groups excluding carboxylic acids is 3. The first-order valence-corrected chi connectivity index (χ1v) is 8.98. The molecular formula is C18H24N2O3. The van der Waals surface area contributed by atoms with Gasteiger partial charge in [0.25, 0.3) is 0 Å². The van der Waals surface area contributed by atoms with E-state index in [1.165, 1.54) is 11.3 Å². The van der Waals surface area contributed by atoms with Crippen LogP contribution in [0.5, 0.6) is 0 Å². The number of rotatable bonds is 3. The first-order valence-electron chi connectivity index (χ1n) is 8.98.